The number of hydrogen-bond donors (Lipinski definition) is 0. The maximum atomic E-state index is 9.66. The molecular weight excluding hydrogens is 292 g/mol. The molecule has 5 heteroatoms. The third-order valence-corrected chi connectivity index (χ3v) is 3.06. The van der Waals surface area contributed by atoms with E-state index in [0.29, 0.717) is 5.33 Å². The Kier molecular flexibility index (Phi) is 14.5. The number of halogens is 2. The summed E-state index contributed by atoms with van der Waals surface area (Å²) in [5.74, 6) is 0. The molecule has 0 rings (SSSR count). The maximum Gasteiger partial charge on any atom is 0.154 e. The van der Waals surface area contributed by atoms with Crippen molar-refractivity contribution in [1.82, 2.24) is 0 Å². The van der Waals surface area contributed by atoms with Gasteiger partial charge in [0.15, 0.2) is 6.29 Å². The predicted octanol–water partition coefficient (Wildman–Crippen LogP) is 1.97. The summed E-state index contributed by atoms with van der Waals surface area (Å²) in [6, 6.07) is 0. The molecule has 3 nitrogen and oxygen atoms in total. The Morgan fingerprint density at radius 2 is 1.83 bits per heavy atom. The van der Waals surface area contributed by atoms with Crippen LogP contribution in [0.1, 0.15) is 6.92 Å². The lowest BCUT2D eigenvalue weighted by molar-refractivity contribution is -0.107. The average molecular weight is 306 g/mol. The molecule has 0 aromatic rings. The van der Waals surface area contributed by atoms with Crippen LogP contribution in [0.15, 0.2) is 0 Å². The summed E-state index contributed by atoms with van der Waals surface area (Å²) in [4.78, 5) is 9.64. The third-order valence-electron chi connectivity index (χ3n) is 0.959. The van der Waals surface area contributed by atoms with Crippen molar-refractivity contribution < 1.29 is 14.3 Å². The van der Waals surface area contributed by atoms with E-state index < -0.39 is 0 Å². The monoisotopic (exact) mass is 304 g/mol. The quantitative estimate of drug-likeness (QED) is 0.452. The van der Waals surface area contributed by atoms with E-state index in [2.05, 4.69) is 41.3 Å². The topological polar surface area (TPSA) is 35.5 Å². The van der Waals surface area contributed by atoms with Crippen molar-refractivity contribution in [2.75, 3.05) is 19.5 Å². The summed E-state index contributed by atoms with van der Waals surface area (Å²) in [5.41, 5.74) is 0. The number of carbonyl (C=O) groups is 1. The molecule has 1 unspecified atom stereocenters. The highest BCUT2D eigenvalue weighted by molar-refractivity contribution is 9.12. The Morgan fingerprint density at radius 1 is 1.42 bits per heavy atom. The first kappa shape index (κ1) is 15.0. The van der Waals surface area contributed by atoms with Crippen LogP contribution in [0.5, 0.6) is 0 Å². The predicted molar refractivity (Wildman–Crippen MR) is 56.1 cm³/mol. The molecule has 12 heavy (non-hydrogen) atoms. The fraction of sp³-hybridized carbons (Fsp3) is 0.857. The van der Waals surface area contributed by atoms with Crippen LogP contribution in [0.25, 0.3) is 0 Å². The van der Waals surface area contributed by atoms with Crippen molar-refractivity contribution >= 4 is 38.1 Å². The SMILES string of the molecule is COC(C)OC.O=CC(Br)CBr. The van der Waals surface area contributed by atoms with Gasteiger partial charge in [0.2, 0.25) is 0 Å². The second-order valence-electron chi connectivity index (χ2n) is 1.85. The van der Waals surface area contributed by atoms with Crippen LogP contribution < -0.4 is 0 Å². The smallest absolute Gasteiger partial charge is 0.154 e. The zero-order chi connectivity index (χ0) is 9.98. The highest BCUT2D eigenvalue weighted by Crippen LogP contribution is 1.97. The molecule has 0 heterocycles. The van der Waals surface area contributed by atoms with Crippen LogP contribution in [0, 0.1) is 0 Å². The highest BCUT2D eigenvalue weighted by atomic mass is 79.9. The molecule has 0 bridgehead atoms. The molecule has 0 radical (unpaired) electrons. The Labute approximate surface area is 90.1 Å². The number of ether oxygens (including phenoxy) is 2. The van der Waals surface area contributed by atoms with Gasteiger partial charge in [0.1, 0.15) is 6.29 Å². The number of hydrogen-bond acceptors (Lipinski definition) is 3. The molecule has 0 aliphatic rings. The van der Waals surface area contributed by atoms with Crippen LogP contribution in [0.3, 0.4) is 0 Å². The van der Waals surface area contributed by atoms with Gasteiger partial charge < -0.3 is 14.3 Å². The molecule has 74 valence electrons. The Bertz CT molecular complexity index is 96.7. The molecule has 0 saturated carbocycles. The summed E-state index contributed by atoms with van der Waals surface area (Å²) in [6.45, 7) is 1.83. The van der Waals surface area contributed by atoms with E-state index in [1.54, 1.807) is 14.2 Å². The van der Waals surface area contributed by atoms with Gasteiger partial charge in [-0.2, -0.15) is 0 Å². The summed E-state index contributed by atoms with van der Waals surface area (Å²) in [7, 11) is 3.21. The van der Waals surface area contributed by atoms with E-state index in [1.165, 1.54) is 0 Å². The molecular formula is C7H14Br2O3. The van der Waals surface area contributed by atoms with Crippen LogP contribution in [0.4, 0.5) is 0 Å². The second-order valence-corrected chi connectivity index (χ2v) is 3.67. The summed E-state index contributed by atoms with van der Waals surface area (Å²) < 4.78 is 9.35. The standard InChI is InChI=1S/C4H10O2.C3H4Br2O/c1-4(5-2)6-3;4-1-3(5)2-6/h4H,1-3H3;2-3H,1H2. The van der Waals surface area contributed by atoms with Crippen molar-refractivity contribution in [3.05, 3.63) is 0 Å². The molecule has 0 aliphatic carbocycles. The molecule has 0 aromatic carbocycles. The fourth-order valence-corrected chi connectivity index (χ4v) is 0.285. The van der Waals surface area contributed by atoms with E-state index in [0.717, 1.165) is 6.29 Å². The first-order chi connectivity index (χ1) is 5.62. The van der Waals surface area contributed by atoms with Crippen molar-refractivity contribution in [2.24, 2.45) is 0 Å². The number of methoxy groups -OCH3 is 2. The molecule has 0 saturated heterocycles. The van der Waals surface area contributed by atoms with Gasteiger partial charge >= 0.3 is 0 Å². The fourth-order valence-electron chi connectivity index (χ4n) is 0.133. The van der Waals surface area contributed by atoms with Gasteiger partial charge in [0, 0.05) is 19.5 Å². The number of carbonyl (C=O) groups excluding carboxylic acids is 1. The number of rotatable bonds is 4. The lowest BCUT2D eigenvalue weighted by Gasteiger charge is -2.03. The van der Waals surface area contributed by atoms with Gasteiger partial charge in [-0.1, -0.05) is 31.9 Å². The molecule has 0 aliphatic heterocycles. The van der Waals surface area contributed by atoms with Crippen molar-refractivity contribution in [2.45, 2.75) is 18.0 Å². The van der Waals surface area contributed by atoms with Gasteiger partial charge in [0.25, 0.3) is 0 Å². The van der Waals surface area contributed by atoms with Gasteiger partial charge in [-0.3, -0.25) is 0 Å². The Hall–Kier alpha value is 0.550. The van der Waals surface area contributed by atoms with E-state index >= 15 is 0 Å². The third kappa shape index (κ3) is 13.2. The zero-order valence-electron chi connectivity index (χ0n) is 7.42. The average Bonchev–Trinajstić information content (AvgIpc) is 2.16. The highest BCUT2D eigenvalue weighted by Gasteiger charge is 1.93. The lowest BCUT2D eigenvalue weighted by Crippen LogP contribution is -2.05. The van der Waals surface area contributed by atoms with Gasteiger partial charge in [-0.25, -0.2) is 0 Å². The van der Waals surface area contributed by atoms with Gasteiger partial charge in [-0.15, -0.1) is 0 Å². The normalized spacial score (nSPS) is 11.8. The van der Waals surface area contributed by atoms with Crippen LogP contribution >= 0.6 is 31.9 Å². The van der Waals surface area contributed by atoms with Crippen molar-refractivity contribution in [3.8, 4) is 0 Å². The summed E-state index contributed by atoms with van der Waals surface area (Å²) in [5, 5.41) is 0.691. The van der Waals surface area contributed by atoms with Crippen LogP contribution in [-0.4, -0.2) is 37.0 Å². The molecule has 0 spiro atoms. The molecule has 0 N–H and O–H groups in total. The van der Waals surface area contributed by atoms with E-state index in [-0.39, 0.29) is 11.1 Å². The lowest BCUT2D eigenvalue weighted by atomic mass is 10.6. The van der Waals surface area contributed by atoms with Gasteiger partial charge in [0.05, 0.1) is 4.83 Å². The van der Waals surface area contributed by atoms with Crippen LogP contribution in [-0.2, 0) is 14.3 Å². The van der Waals surface area contributed by atoms with E-state index in [4.69, 9.17) is 0 Å². The molecule has 1 atom stereocenters. The Morgan fingerprint density at radius 3 is 1.83 bits per heavy atom. The van der Waals surface area contributed by atoms with Gasteiger partial charge in [-0.05, 0) is 6.92 Å². The minimum atomic E-state index is -0.0648. The van der Waals surface area contributed by atoms with E-state index in [9.17, 15) is 4.79 Å². The minimum absolute atomic E-state index is 0.0162. The first-order valence-corrected chi connectivity index (χ1v) is 5.37. The zero-order valence-corrected chi connectivity index (χ0v) is 10.6. The second kappa shape index (κ2) is 11.6. The summed E-state index contributed by atoms with van der Waals surface area (Å²) >= 11 is 6.16. The van der Waals surface area contributed by atoms with Crippen LogP contribution in [0.2, 0.25) is 0 Å². The molecule has 0 fully saturated rings. The largest absolute Gasteiger partial charge is 0.356 e. The molecule has 0 aromatic heterocycles. The summed E-state index contributed by atoms with van der Waals surface area (Å²) in [6.07, 6.45) is 0.777. The number of alkyl halides is 2. The minimum Gasteiger partial charge on any atom is -0.356 e. The first-order valence-electron chi connectivity index (χ1n) is 3.33. The van der Waals surface area contributed by atoms with Crippen molar-refractivity contribution in [3.63, 3.8) is 0 Å². The van der Waals surface area contributed by atoms with Crippen molar-refractivity contribution in [1.29, 1.82) is 0 Å². The maximum absolute atomic E-state index is 9.66. The molecule has 0 amide bonds. The number of aldehydes is 1. The van der Waals surface area contributed by atoms with E-state index in [1.807, 2.05) is 6.92 Å². The Balaban J connectivity index is 0.